The lowest BCUT2D eigenvalue weighted by Crippen LogP contribution is -2.22. The molecule has 1 aromatic carbocycles. The number of halogens is 2. The number of rotatable bonds is 1. The maximum atomic E-state index is 14.2. The molecule has 0 bridgehead atoms. The van der Waals surface area contributed by atoms with Crippen molar-refractivity contribution in [1.29, 1.82) is 0 Å². The van der Waals surface area contributed by atoms with Crippen LogP contribution in [0.3, 0.4) is 0 Å². The molecule has 88 valence electrons. The molecule has 1 aliphatic rings. The fraction of sp³-hybridized carbons (Fsp3) is 0.250. The average Bonchev–Trinajstić information content (AvgIpc) is 2.80. The number of nitrogens with zero attached hydrogens (tertiary/aromatic N) is 1. The zero-order valence-corrected chi connectivity index (χ0v) is 10.7. The van der Waals surface area contributed by atoms with E-state index >= 15 is 0 Å². The largest absolute Gasteiger partial charge is 0.458 e. The quantitative estimate of drug-likeness (QED) is 0.598. The van der Waals surface area contributed by atoms with Gasteiger partial charge in [0, 0.05) is 11.9 Å². The summed E-state index contributed by atoms with van der Waals surface area (Å²) < 4.78 is 19.5. The van der Waals surface area contributed by atoms with E-state index in [2.05, 4.69) is 15.9 Å². The number of fused-ring (bicyclic) bond motifs is 2. The second-order valence-corrected chi connectivity index (χ2v) is 4.62. The number of alkyl halides is 1. The number of amides is 1. The van der Waals surface area contributed by atoms with Gasteiger partial charge in [0.05, 0.1) is 11.0 Å². The molecule has 0 radical (unpaired) electrons. The molecule has 2 heterocycles. The molecule has 2 aromatic rings. The maximum Gasteiger partial charge on any atom is 0.258 e. The van der Waals surface area contributed by atoms with Crippen LogP contribution in [0.2, 0.25) is 0 Å². The van der Waals surface area contributed by atoms with Crippen LogP contribution in [-0.2, 0) is 6.54 Å². The Morgan fingerprint density at radius 2 is 2.29 bits per heavy atom. The maximum absolute atomic E-state index is 14.2. The van der Waals surface area contributed by atoms with Crippen molar-refractivity contribution in [2.24, 2.45) is 0 Å². The third kappa shape index (κ3) is 1.42. The first-order valence-corrected chi connectivity index (χ1v) is 6.30. The van der Waals surface area contributed by atoms with E-state index in [0.29, 0.717) is 23.1 Å². The molecule has 0 unspecified atom stereocenters. The second kappa shape index (κ2) is 3.57. The summed E-state index contributed by atoms with van der Waals surface area (Å²) in [5.41, 5.74) is 1.44. The van der Waals surface area contributed by atoms with E-state index in [9.17, 15) is 9.18 Å². The van der Waals surface area contributed by atoms with Crippen LogP contribution in [0.15, 0.2) is 16.5 Å². The zero-order chi connectivity index (χ0) is 12.2. The highest BCUT2D eigenvalue weighted by Crippen LogP contribution is 2.33. The molecule has 0 saturated heterocycles. The fourth-order valence-electron chi connectivity index (χ4n) is 2.22. The number of hydrogen-bond donors (Lipinski definition) is 0. The van der Waals surface area contributed by atoms with Gasteiger partial charge in [0.15, 0.2) is 11.4 Å². The molecule has 1 aromatic heterocycles. The Hall–Kier alpha value is -1.36. The molecule has 3 nitrogen and oxygen atoms in total. The molecule has 3 rings (SSSR count). The summed E-state index contributed by atoms with van der Waals surface area (Å²) in [6, 6.07) is 3.60. The normalized spacial score (nSPS) is 14.8. The fourth-order valence-corrected chi connectivity index (χ4v) is 2.62. The van der Waals surface area contributed by atoms with Crippen molar-refractivity contribution in [2.45, 2.75) is 13.5 Å². The molecule has 5 heteroatoms. The number of carbonyl (C=O) groups excluding carboxylic acids is 1. The Kier molecular flexibility index (Phi) is 2.26. The molecule has 0 aliphatic carbocycles. The Balaban J connectivity index is 2.29. The van der Waals surface area contributed by atoms with Crippen molar-refractivity contribution < 1.29 is 13.6 Å². The first-order valence-electron chi connectivity index (χ1n) is 5.18. The summed E-state index contributed by atoms with van der Waals surface area (Å²) in [6.45, 7) is 2.20. The minimum atomic E-state index is -0.543. The topological polar surface area (TPSA) is 33.5 Å². The van der Waals surface area contributed by atoms with Crippen LogP contribution in [-0.4, -0.2) is 16.3 Å². The van der Waals surface area contributed by atoms with Crippen molar-refractivity contribution in [3.63, 3.8) is 0 Å². The molecule has 0 saturated carbocycles. The molecule has 1 aliphatic heterocycles. The standard InChI is InChI=1S/C12H9BrFNO2/c1-6-2-7-3-8-4-15(5-13)12(16)9(8)10(14)11(7)17-6/h2-3H,4-5H2,1H3. The van der Waals surface area contributed by atoms with E-state index in [1.807, 2.05) is 6.07 Å². The second-order valence-electron chi connectivity index (χ2n) is 4.12. The summed E-state index contributed by atoms with van der Waals surface area (Å²) >= 11 is 3.22. The number of benzene rings is 1. The average molecular weight is 298 g/mol. The monoisotopic (exact) mass is 297 g/mol. The third-order valence-corrected chi connectivity index (χ3v) is 3.57. The van der Waals surface area contributed by atoms with E-state index in [1.54, 1.807) is 17.9 Å². The molecular weight excluding hydrogens is 289 g/mol. The Morgan fingerprint density at radius 3 is 3.00 bits per heavy atom. The van der Waals surface area contributed by atoms with Gasteiger partial charge < -0.3 is 9.32 Å². The molecule has 0 N–H and O–H groups in total. The summed E-state index contributed by atoms with van der Waals surface area (Å²) in [4.78, 5) is 13.5. The van der Waals surface area contributed by atoms with Crippen molar-refractivity contribution >= 4 is 32.8 Å². The molecule has 0 atom stereocenters. The van der Waals surface area contributed by atoms with E-state index in [-0.39, 0.29) is 17.1 Å². The van der Waals surface area contributed by atoms with Gasteiger partial charge in [0.2, 0.25) is 0 Å². The van der Waals surface area contributed by atoms with Gasteiger partial charge in [-0.25, -0.2) is 4.39 Å². The van der Waals surface area contributed by atoms with E-state index in [4.69, 9.17) is 4.42 Å². The smallest absolute Gasteiger partial charge is 0.258 e. The predicted octanol–water partition coefficient (Wildman–Crippen LogP) is 3.19. The van der Waals surface area contributed by atoms with Gasteiger partial charge in [-0.3, -0.25) is 4.79 Å². The third-order valence-electron chi connectivity index (χ3n) is 2.96. The van der Waals surface area contributed by atoms with Gasteiger partial charge in [-0.05, 0) is 24.6 Å². The zero-order valence-electron chi connectivity index (χ0n) is 9.09. The summed E-state index contributed by atoms with van der Waals surface area (Å²) in [5, 5.41) is 0.711. The van der Waals surface area contributed by atoms with Crippen LogP contribution >= 0.6 is 15.9 Å². The molecule has 0 spiro atoms. The lowest BCUT2D eigenvalue weighted by Gasteiger charge is -2.09. The van der Waals surface area contributed by atoms with Crippen molar-refractivity contribution in [1.82, 2.24) is 4.90 Å². The van der Waals surface area contributed by atoms with Crippen LogP contribution in [0.5, 0.6) is 0 Å². The van der Waals surface area contributed by atoms with Crippen molar-refractivity contribution in [2.75, 3.05) is 5.45 Å². The Bertz CT molecular complexity index is 635. The SMILES string of the molecule is Cc1cc2cc3c(c(F)c2o1)C(=O)N(CBr)C3. The lowest BCUT2D eigenvalue weighted by molar-refractivity contribution is 0.0806. The number of furan rings is 1. The molecular formula is C12H9BrFNO2. The van der Waals surface area contributed by atoms with Crippen molar-refractivity contribution in [3.8, 4) is 0 Å². The van der Waals surface area contributed by atoms with E-state index < -0.39 is 5.82 Å². The lowest BCUT2D eigenvalue weighted by atomic mass is 10.1. The van der Waals surface area contributed by atoms with Gasteiger partial charge in [-0.2, -0.15) is 0 Å². The highest BCUT2D eigenvalue weighted by molar-refractivity contribution is 9.09. The van der Waals surface area contributed by atoms with Gasteiger partial charge >= 0.3 is 0 Å². The minimum Gasteiger partial charge on any atom is -0.458 e. The summed E-state index contributed by atoms with van der Waals surface area (Å²) in [7, 11) is 0. The highest BCUT2D eigenvalue weighted by atomic mass is 79.9. The summed E-state index contributed by atoms with van der Waals surface area (Å²) in [6.07, 6.45) is 0. The molecule has 1 amide bonds. The number of hydrogen-bond acceptors (Lipinski definition) is 2. The van der Waals surface area contributed by atoms with Crippen molar-refractivity contribution in [3.05, 3.63) is 34.8 Å². The Labute approximate surface area is 105 Å². The van der Waals surface area contributed by atoms with E-state index in [1.165, 1.54) is 0 Å². The van der Waals surface area contributed by atoms with Crippen LogP contribution < -0.4 is 0 Å². The number of aryl methyl sites for hydroxylation is 1. The first-order chi connectivity index (χ1) is 8.11. The summed E-state index contributed by atoms with van der Waals surface area (Å²) in [5.74, 6) is -0.184. The minimum absolute atomic E-state index is 0.145. The van der Waals surface area contributed by atoms with Gasteiger partial charge in [-0.1, -0.05) is 15.9 Å². The highest BCUT2D eigenvalue weighted by Gasteiger charge is 2.32. The van der Waals surface area contributed by atoms with Crippen LogP contribution in [0.4, 0.5) is 4.39 Å². The van der Waals surface area contributed by atoms with Gasteiger partial charge in [-0.15, -0.1) is 0 Å². The van der Waals surface area contributed by atoms with Gasteiger partial charge in [0.1, 0.15) is 5.76 Å². The van der Waals surface area contributed by atoms with E-state index in [0.717, 1.165) is 5.56 Å². The predicted molar refractivity (Wildman–Crippen MR) is 64.6 cm³/mol. The number of carbonyl (C=O) groups is 1. The first kappa shape index (κ1) is 10.8. The van der Waals surface area contributed by atoms with Gasteiger partial charge in [0.25, 0.3) is 5.91 Å². The molecule has 17 heavy (non-hydrogen) atoms. The van der Waals surface area contributed by atoms with Crippen LogP contribution in [0.1, 0.15) is 21.7 Å². The van der Waals surface area contributed by atoms with Crippen LogP contribution in [0, 0.1) is 12.7 Å². The molecule has 0 fully saturated rings. The Morgan fingerprint density at radius 1 is 1.53 bits per heavy atom. The van der Waals surface area contributed by atoms with Crippen LogP contribution in [0.25, 0.3) is 11.0 Å².